The molecule has 0 aliphatic heterocycles. The molecule has 0 saturated carbocycles. The smallest absolute Gasteiger partial charge is 0.320 e. The molecule has 2 N–H and O–H groups in total. The lowest BCUT2D eigenvalue weighted by Crippen LogP contribution is -2.11. The number of benzene rings is 1. The van der Waals surface area contributed by atoms with Gasteiger partial charge in [0.05, 0.1) is 20.8 Å². The third-order valence-corrected chi connectivity index (χ3v) is 2.60. The van der Waals surface area contributed by atoms with Crippen molar-refractivity contribution >= 4 is 11.7 Å². The minimum Gasteiger partial charge on any atom is -0.497 e. The fourth-order valence-corrected chi connectivity index (χ4v) is 1.61. The second-order valence-corrected chi connectivity index (χ2v) is 4.01. The maximum Gasteiger partial charge on any atom is 0.320 e. The Hall–Kier alpha value is -2.28. The summed E-state index contributed by atoms with van der Waals surface area (Å²) in [5.41, 5.74) is 0.750. The van der Waals surface area contributed by atoms with Crippen LogP contribution in [0.4, 0.5) is 11.7 Å². The highest BCUT2D eigenvalue weighted by Crippen LogP contribution is 2.27. The molecule has 0 unspecified atom stereocenters. The van der Waals surface area contributed by atoms with E-state index in [1.54, 1.807) is 20.3 Å². The first-order valence-electron chi connectivity index (χ1n) is 6.28. The maximum atomic E-state index is 5.46. The molecule has 0 fully saturated rings. The number of nitrogens with zero attached hydrogens (tertiary/aromatic N) is 2. The van der Waals surface area contributed by atoms with Gasteiger partial charge < -0.3 is 24.5 Å². The Morgan fingerprint density at radius 3 is 2.40 bits per heavy atom. The summed E-state index contributed by atoms with van der Waals surface area (Å²) in [7, 11) is 3.19. The highest BCUT2D eigenvalue weighted by molar-refractivity contribution is 5.58. The molecular weight excluding hydrogens is 260 g/mol. The molecule has 7 nitrogen and oxygen atoms in total. The lowest BCUT2D eigenvalue weighted by Gasteiger charge is -2.08. The summed E-state index contributed by atoms with van der Waals surface area (Å²) in [5.74, 6) is 1.89. The van der Waals surface area contributed by atoms with Crippen molar-refractivity contribution in [1.82, 2.24) is 15.5 Å². The number of methoxy groups -OCH3 is 2. The average molecular weight is 278 g/mol. The molecule has 0 amide bonds. The lowest BCUT2D eigenvalue weighted by molar-refractivity contribution is 0.394. The molecule has 0 bridgehead atoms. The van der Waals surface area contributed by atoms with Crippen LogP contribution in [0.15, 0.2) is 22.6 Å². The maximum absolute atomic E-state index is 5.46. The van der Waals surface area contributed by atoms with Gasteiger partial charge >= 0.3 is 6.01 Å². The van der Waals surface area contributed by atoms with E-state index >= 15 is 0 Å². The molecule has 108 valence electrons. The van der Waals surface area contributed by atoms with Crippen molar-refractivity contribution in [3.63, 3.8) is 0 Å². The number of hydrogen-bond acceptors (Lipinski definition) is 7. The Morgan fingerprint density at radius 1 is 1.10 bits per heavy atom. The largest absolute Gasteiger partial charge is 0.497 e. The van der Waals surface area contributed by atoms with Crippen LogP contribution in [0.5, 0.6) is 11.5 Å². The molecule has 2 aromatic rings. The topological polar surface area (TPSA) is 81.4 Å². The van der Waals surface area contributed by atoms with Crippen molar-refractivity contribution in [2.45, 2.75) is 13.5 Å². The van der Waals surface area contributed by atoms with E-state index in [1.807, 2.05) is 19.1 Å². The second kappa shape index (κ2) is 6.76. The molecule has 1 aromatic carbocycles. The molecule has 0 atom stereocenters. The lowest BCUT2D eigenvalue weighted by atomic mass is 10.3. The normalized spacial score (nSPS) is 10.3. The van der Waals surface area contributed by atoms with Crippen molar-refractivity contribution in [3.8, 4) is 11.5 Å². The Kier molecular flexibility index (Phi) is 4.78. The molecule has 20 heavy (non-hydrogen) atoms. The highest BCUT2D eigenvalue weighted by atomic mass is 16.5. The van der Waals surface area contributed by atoms with E-state index in [1.165, 1.54) is 0 Å². The van der Waals surface area contributed by atoms with Crippen LogP contribution in [0, 0.1) is 0 Å². The van der Waals surface area contributed by atoms with E-state index in [2.05, 4.69) is 20.8 Å². The van der Waals surface area contributed by atoms with Crippen LogP contribution < -0.4 is 20.1 Å². The van der Waals surface area contributed by atoms with Gasteiger partial charge in [-0.2, -0.15) is 0 Å². The quantitative estimate of drug-likeness (QED) is 0.801. The van der Waals surface area contributed by atoms with Crippen molar-refractivity contribution in [2.24, 2.45) is 0 Å². The summed E-state index contributed by atoms with van der Waals surface area (Å²) in [4.78, 5) is 0. The zero-order valence-corrected chi connectivity index (χ0v) is 11.8. The molecule has 0 saturated heterocycles. The predicted molar refractivity (Wildman–Crippen MR) is 74.5 cm³/mol. The Labute approximate surface area is 117 Å². The van der Waals surface area contributed by atoms with Crippen molar-refractivity contribution in [2.75, 3.05) is 26.1 Å². The van der Waals surface area contributed by atoms with Gasteiger partial charge in [-0.1, -0.05) is 12.0 Å². The van der Waals surface area contributed by atoms with Gasteiger partial charge in [0.25, 0.3) is 0 Å². The van der Waals surface area contributed by atoms with Crippen LogP contribution in [0.2, 0.25) is 0 Å². The first-order valence-corrected chi connectivity index (χ1v) is 6.28. The highest BCUT2D eigenvalue weighted by Gasteiger charge is 2.07. The fraction of sp³-hybridized carbons (Fsp3) is 0.385. The third-order valence-electron chi connectivity index (χ3n) is 2.60. The van der Waals surface area contributed by atoms with Crippen molar-refractivity contribution in [3.05, 3.63) is 24.1 Å². The second-order valence-electron chi connectivity index (χ2n) is 4.01. The standard InChI is InChI=1S/C13H18N4O3/c1-4-14-8-12-16-17-13(20-12)15-9-5-10(18-2)7-11(6-9)19-3/h5-7,14H,4,8H2,1-3H3,(H,15,17). The third kappa shape index (κ3) is 3.61. The fourth-order valence-electron chi connectivity index (χ4n) is 1.61. The number of aromatic nitrogens is 2. The van der Waals surface area contributed by atoms with Gasteiger partial charge in [0.15, 0.2) is 0 Å². The summed E-state index contributed by atoms with van der Waals surface area (Å²) in [6.45, 7) is 3.41. The van der Waals surface area contributed by atoms with E-state index in [0.29, 0.717) is 29.9 Å². The Bertz CT molecular complexity index is 534. The molecule has 0 spiro atoms. The van der Waals surface area contributed by atoms with Gasteiger partial charge in [0.1, 0.15) is 11.5 Å². The molecule has 0 aliphatic rings. The summed E-state index contributed by atoms with van der Waals surface area (Å²) in [5, 5.41) is 14.0. The van der Waals surface area contributed by atoms with Gasteiger partial charge in [-0.05, 0) is 6.54 Å². The SMILES string of the molecule is CCNCc1nnc(Nc2cc(OC)cc(OC)c2)o1. The first-order chi connectivity index (χ1) is 9.75. The molecule has 7 heteroatoms. The van der Waals surface area contributed by atoms with E-state index < -0.39 is 0 Å². The average Bonchev–Trinajstić information content (AvgIpc) is 2.92. The Balaban J connectivity index is 2.10. The molecule has 0 radical (unpaired) electrons. The summed E-state index contributed by atoms with van der Waals surface area (Å²) in [6, 6.07) is 5.75. The van der Waals surface area contributed by atoms with E-state index in [4.69, 9.17) is 13.9 Å². The monoisotopic (exact) mass is 278 g/mol. The summed E-state index contributed by atoms with van der Waals surface area (Å²) >= 11 is 0. The molecule has 2 rings (SSSR count). The Morgan fingerprint density at radius 2 is 1.80 bits per heavy atom. The molecule has 1 aromatic heterocycles. The van der Waals surface area contributed by atoms with E-state index in [9.17, 15) is 0 Å². The van der Waals surface area contributed by atoms with Crippen LogP contribution in [0.25, 0.3) is 0 Å². The van der Waals surface area contributed by atoms with E-state index in [0.717, 1.165) is 12.2 Å². The van der Waals surface area contributed by atoms with Gasteiger partial charge in [-0.3, -0.25) is 0 Å². The van der Waals surface area contributed by atoms with E-state index in [-0.39, 0.29) is 0 Å². The molecule has 1 heterocycles. The van der Waals surface area contributed by atoms with Crippen LogP contribution >= 0.6 is 0 Å². The number of hydrogen-bond donors (Lipinski definition) is 2. The van der Waals surface area contributed by atoms with Crippen LogP contribution in [0.1, 0.15) is 12.8 Å². The van der Waals surface area contributed by atoms with Crippen LogP contribution in [-0.4, -0.2) is 31.0 Å². The van der Waals surface area contributed by atoms with Crippen LogP contribution in [0.3, 0.4) is 0 Å². The van der Waals surface area contributed by atoms with Crippen molar-refractivity contribution < 1.29 is 13.9 Å². The summed E-state index contributed by atoms with van der Waals surface area (Å²) in [6.07, 6.45) is 0. The number of ether oxygens (including phenoxy) is 2. The van der Waals surface area contributed by atoms with Gasteiger partial charge in [0.2, 0.25) is 5.89 Å². The predicted octanol–water partition coefficient (Wildman–Crippen LogP) is 1.94. The zero-order chi connectivity index (χ0) is 14.4. The van der Waals surface area contributed by atoms with Gasteiger partial charge in [-0.25, -0.2) is 0 Å². The number of nitrogens with one attached hydrogen (secondary N) is 2. The first kappa shape index (κ1) is 14.1. The van der Waals surface area contributed by atoms with Crippen LogP contribution in [-0.2, 0) is 6.54 Å². The van der Waals surface area contributed by atoms with Gasteiger partial charge in [-0.15, -0.1) is 5.10 Å². The summed E-state index contributed by atoms with van der Waals surface area (Å²) < 4.78 is 15.9. The van der Waals surface area contributed by atoms with Gasteiger partial charge in [0, 0.05) is 23.9 Å². The van der Waals surface area contributed by atoms with Crippen molar-refractivity contribution in [1.29, 1.82) is 0 Å². The zero-order valence-electron chi connectivity index (χ0n) is 11.8. The molecule has 0 aliphatic carbocycles. The number of anilines is 2. The minimum absolute atomic E-state index is 0.327. The minimum atomic E-state index is 0.327. The number of rotatable bonds is 7. The molecular formula is C13H18N4O3.